The highest BCUT2D eigenvalue weighted by atomic mass is 35.5. The molecule has 5 aromatic rings. The minimum absolute atomic E-state index is 0.226. The number of methoxy groups -OCH3 is 1. The van der Waals surface area contributed by atoms with Gasteiger partial charge in [-0.2, -0.15) is 0 Å². The lowest BCUT2D eigenvalue weighted by Gasteiger charge is -2.51. The first kappa shape index (κ1) is 38.9. The third-order valence-electron chi connectivity index (χ3n) is 9.91. The first-order chi connectivity index (χ1) is 27.0. The molecule has 8 nitrogen and oxygen atoms in total. The second kappa shape index (κ2) is 19.0. The zero-order valence-corrected chi connectivity index (χ0v) is 31.7. The third kappa shape index (κ3) is 10.1. The van der Waals surface area contributed by atoms with E-state index in [1.54, 1.807) is 7.11 Å². The summed E-state index contributed by atoms with van der Waals surface area (Å²) >= 11 is 6.87. The largest absolute Gasteiger partial charge is 0.491 e. The fourth-order valence-electron chi connectivity index (χ4n) is 6.86. The monoisotopic (exact) mass is 762 g/mol. The van der Waals surface area contributed by atoms with Crippen molar-refractivity contribution in [1.29, 1.82) is 0 Å². The Kier molecular flexibility index (Phi) is 13.4. The fraction of sp³-hybridized carbons (Fsp3) is 0.326. The molecular weight excluding hydrogens is 716 g/mol. The van der Waals surface area contributed by atoms with Crippen LogP contribution in [0, 0.1) is 0 Å². The van der Waals surface area contributed by atoms with Gasteiger partial charge in [0.05, 0.1) is 32.5 Å². The molecule has 5 aromatic carbocycles. The summed E-state index contributed by atoms with van der Waals surface area (Å²) < 4.78 is 44.9. The van der Waals surface area contributed by atoms with Crippen LogP contribution in [0.15, 0.2) is 133 Å². The number of benzene rings is 5. The quantitative estimate of drug-likeness (QED) is 0.0611. The molecule has 0 amide bonds. The number of aldehydes is 1. The summed E-state index contributed by atoms with van der Waals surface area (Å²) in [6, 6.07) is 43.2. The Morgan fingerprint density at radius 2 is 1.25 bits per heavy atom. The molecule has 7 rings (SSSR count). The predicted octanol–water partition coefficient (Wildman–Crippen LogP) is 8.64. The van der Waals surface area contributed by atoms with Crippen LogP contribution in [0.3, 0.4) is 0 Å². The van der Waals surface area contributed by atoms with E-state index in [-0.39, 0.29) is 19.8 Å². The first-order valence-electron chi connectivity index (χ1n) is 18.8. The zero-order valence-electron chi connectivity index (χ0n) is 31.0. The average Bonchev–Trinajstić information content (AvgIpc) is 4.07. The summed E-state index contributed by atoms with van der Waals surface area (Å²) in [7, 11) is 1.56. The highest BCUT2D eigenvalue weighted by Crippen LogP contribution is 2.44. The van der Waals surface area contributed by atoms with Crippen LogP contribution in [0.2, 0.25) is 5.02 Å². The predicted molar refractivity (Wildman–Crippen MR) is 210 cm³/mol. The van der Waals surface area contributed by atoms with Crippen molar-refractivity contribution in [1.82, 2.24) is 0 Å². The van der Waals surface area contributed by atoms with E-state index in [4.69, 9.17) is 44.8 Å². The molecule has 0 unspecified atom stereocenters. The van der Waals surface area contributed by atoms with Gasteiger partial charge in [0.25, 0.3) is 0 Å². The molecule has 0 bridgehead atoms. The summed E-state index contributed by atoms with van der Waals surface area (Å²) in [6.07, 6.45) is 0.365. The standard InChI is InChI=1S/C46H47ClO8/c1-49-46(38-19-24-41(47)37(28-38)27-33-17-20-39(21-18-33)50-25-26-51-40-22-23-40)45(54-32-36-15-9-4-10-16-36)44(53-31-35-13-7-3-8-14-35)43(42(29-48)55-46)52-30-34-11-5-2-6-12-34/h2-21,24,28-29,40,42-45H,22-23,25-27,30-32H2,1H3/t42-,43-,44+,45-,46+/m1/s1. The van der Waals surface area contributed by atoms with Crippen molar-refractivity contribution in [3.05, 3.63) is 172 Å². The van der Waals surface area contributed by atoms with Gasteiger partial charge in [-0.15, -0.1) is 0 Å². The van der Waals surface area contributed by atoms with E-state index in [2.05, 4.69) is 0 Å². The highest BCUT2D eigenvalue weighted by molar-refractivity contribution is 6.31. The minimum atomic E-state index is -1.59. The van der Waals surface area contributed by atoms with Gasteiger partial charge in [-0.3, -0.25) is 0 Å². The Bertz CT molecular complexity index is 1920. The van der Waals surface area contributed by atoms with Crippen LogP contribution in [-0.4, -0.2) is 57.1 Å². The summed E-state index contributed by atoms with van der Waals surface area (Å²) in [4.78, 5) is 13.0. The lowest BCUT2D eigenvalue weighted by molar-refractivity contribution is -0.373. The Balaban J connectivity index is 1.21. The van der Waals surface area contributed by atoms with Crippen molar-refractivity contribution >= 4 is 17.9 Å². The van der Waals surface area contributed by atoms with Gasteiger partial charge in [-0.05, 0) is 71.3 Å². The molecule has 2 fully saturated rings. The number of hydrogen-bond acceptors (Lipinski definition) is 8. The first-order valence-corrected chi connectivity index (χ1v) is 19.2. The van der Waals surface area contributed by atoms with Crippen LogP contribution >= 0.6 is 11.6 Å². The molecule has 1 aliphatic heterocycles. The van der Waals surface area contributed by atoms with Crippen molar-refractivity contribution in [2.24, 2.45) is 0 Å². The van der Waals surface area contributed by atoms with Gasteiger partial charge in [0.15, 0.2) is 6.29 Å². The Labute approximate surface area is 328 Å². The SMILES string of the molecule is CO[C@@]1(c2ccc(Cl)c(Cc3ccc(OCCOC4CC4)cc3)c2)O[C@H](C=O)[C@@H](OCc2ccccc2)[C@H](OCc2ccccc2)[C@H]1OCc1ccccc1. The number of carbonyl (C=O) groups excluding carboxylic acids is 1. The van der Waals surface area contributed by atoms with Crippen LogP contribution in [0.5, 0.6) is 5.75 Å². The summed E-state index contributed by atoms with van der Waals surface area (Å²) in [5, 5.41) is 0.581. The summed E-state index contributed by atoms with van der Waals surface area (Å²) in [5.41, 5.74) is 5.37. The molecule has 1 aliphatic carbocycles. The van der Waals surface area contributed by atoms with E-state index in [9.17, 15) is 4.79 Å². The Hall–Kier alpha value is -4.38. The van der Waals surface area contributed by atoms with E-state index in [1.807, 2.05) is 133 Å². The third-order valence-corrected chi connectivity index (χ3v) is 10.3. The molecule has 0 N–H and O–H groups in total. The van der Waals surface area contributed by atoms with Crippen LogP contribution in [0.1, 0.15) is 46.2 Å². The van der Waals surface area contributed by atoms with E-state index in [1.165, 1.54) is 0 Å². The number of carbonyl (C=O) groups is 1. The van der Waals surface area contributed by atoms with Gasteiger partial charge in [0.1, 0.15) is 36.8 Å². The van der Waals surface area contributed by atoms with Crippen molar-refractivity contribution in [2.45, 2.75) is 75.4 Å². The topological polar surface area (TPSA) is 81.7 Å². The molecule has 9 heteroatoms. The van der Waals surface area contributed by atoms with Crippen molar-refractivity contribution in [3.8, 4) is 5.75 Å². The molecule has 5 atom stereocenters. The molecule has 2 aliphatic rings. The Morgan fingerprint density at radius 1 is 0.673 bits per heavy atom. The van der Waals surface area contributed by atoms with E-state index in [0.717, 1.165) is 52.7 Å². The molecule has 55 heavy (non-hydrogen) atoms. The number of rotatable bonds is 19. The number of halogens is 1. The van der Waals surface area contributed by atoms with E-state index < -0.39 is 30.2 Å². The van der Waals surface area contributed by atoms with Gasteiger partial charge in [-0.1, -0.05) is 121 Å². The molecule has 0 spiro atoms. The number of ether oxygens (including phenoxy) is 7. The van der Waals surface area contributed by atoms with Gasteiger partial charge in [0.2, 0.25) is 5.79 Å². The maximum atomic E-state index is 13.0. The zero-order chi connectivity index (χ0) is 37.9. The molecule has 1 saturated heterocycles. The smallest absolute Gasteiger partial charge is 0.225 e. The molecule has 0 radical (unpaired) electrons. The van der Waals surface area contributed by atoms with E-state index >= 15 is 0 Å². The molecule has 1 saturated carbocycles. The summed E-state index contributed by atoms with van der Waals surface area (Å²) in [6.45, 7) is 1.79. The van der Waals surface area contributed by atoms with Crippen LogP contribution in [-0.2, 0) is 65.2 Å². The fourth-order valence-corrected chi connectivity index (χ4v) is 7.05. The molecular formula is C46H47ClO8. The van der Waals surface area contributed by atoms with Crippen LogP contribution in [0.25, 0.3) is 0 Å². The normalized spacial score (nSPS) is 22.3. The van der Waals surface area contributed by atoms with Crippen LogP contribution < -0.4 is 4.74 Å². The minimum Gasteiger partial charge on any atom is -0.491 e. The second-order valence-corrected chi connectivity index (χ2v) is 14.3. The maximum Gasteiger partial charge on any atom is 0.225 e. The van der Waals surface area contributed by atoms with E-state index in [0.29, 0.717) is 36.3 Å². The Morgan fingerprint density at radius 3 is 1.82 bits per heavy atom. The van der Waals surface area contributed by atoms with Gasteiger partial charge < -0.3 is 38.0 Å². The summed E-state index contributed by atoms with van der Waals surface area (Å²) in [5.74, 6) is -0.811. The molecule has 1 heterocycles. The maximum absolute atomic E-state index is 13.0. The second-order valence-electron chi connectivity index (χ2n) is 13.9. The lowest BCUT2D eigenvalue weighted by Crippen LogP contribution is -2.65. The number of hydrogen-bond donors (Lipinski definition) is 0. The highest BCUT2D eigenvalue weighted by Gasteiger charge is 2.58. The molecule has 286 valence electrons. The van der Waals surface area contributed by atoms with Crippen LogP contribution in [0.4, 0.5) is 0 Å². The van der Waals surface area contributed by atoms with Crippen molar-refractivity contribution < 1.29 is 38.0 Å². The van der Waals surface area contributed by atoms with Crippen molar-refractivity contribution in [2.75, 3.05) is 20.3 Å². The molecule has 0 aromatic heterocycles. The van der Waals surface area contributed by atoms with Gasteiger partial charge in [-0.25, -0.2) is 0 Å². The van der Waals surface area contributed by atoms with Gasteiger partial charge >= 0.3 is 0 Å². The van der Waals surface area contributed by atoms with Crippen molar-refractivity contribution in [3.63, 3.8) is 0 Å². The lowest BCUT2D eigenvalue weighted by atomic mass is 9.86. The van der Waals surface area contributed by atoms with Gasteiger partial charge in [0, 0.05) is 17.7 Å². The average molecular weight is 763 g/mol.